The summed E-state index contributed by atoms with van der Waals surface area (Å²) in [6.45, 7) is 1.95. The van der Waals surface area contributed by atoms with Crippen LogP contribution in [-0.4, -0.2) is 17.1 Å². The molecule has 0 spiro atoms. The van der Waals surface area contributed by atoms with Gasteiger partial charge >= 0.3 is 0 Å². The Bertz CT molecular complexity index is 770. The van der Waals surface area contributed by atoms with E-state index in [2.05, 4.69) is 0 Å². The molecule has 2 aromatic carbocycles. The highest BCUT2D eigenvalue weighted by atomic mass is 19.3. The standard InChI is InChI=1S/C20H20F2O2/c1-13-4-2-5-16-18(13)24-17-12-19(21,22)10-3-11-20(16,17)14-6-8-15(23)9-7-14/h2,4-9,17,23H,3,10-12H2,1H3. The van der Waals surface area contributed by atoms with E-state index >= 15 is 0 Å². The van der Waals surface area contributed by atoms with E-state index in [-0.39, 0.29) is 18.6 Å². The number of phenolic OH excluding ortho intramolecular Hbond substituents is 1. The van der Waals surface area contributed by atoms with Crippen molar-refractivity contribution in [3.05, 3.63) is 59.2 Å². The third-order valence-electron chi connectivity index (χ3n) is 5.48. The molecule has 0 aromatic heterocycles. The van der Waals surface area contributed by atoms with Crippen molar-refractivity contribution in [1.82, 2.24) is 0 Å². The molecule has 1 N–H and O–H groups in total. The molecule has 0 radical (unpaired) electrons. The van der Waals surface area contributed by atoms with Crippen LogP contribution in [0.15, 0.2) is 42.5 Å². The molecule has 2 nitrogen and oxygen atoms in total. The van der Waals surface area contributed by atoms with E-state index in [1.165, 1.54) is 0 Å². The van der Waals surface area contributed by atoms with Gasteiger partial charge in [0.05, 0.1) is 5.41 Å². The average Bonchev–Trinajstić information content (AvgIpc) is 2.76. The van der Waals surface area contributed by atoms with Crippen molar-refractivity contribution in [2.75, 3.05) is 0 Å². The highest BCUT2D eigenvalue weighted by Crippen LogP contribution is 2.56. The molecule has 24 heavy (non-hydrogen) atoms. The summed E-state index contributed by atoms with van der Waals surface area (Å²) < 4.78 is 34.6. The van der Waals surface area contributed by atoms with Crippen molar-refractivity contribution in [3.63, 3.8) is 0 Å². The quantitative estimate of drug-likeness (QED) is 0.801. The minimum atomic E-state index is -2.71. The molecule has 2 aromatic rings. The monoisotopic (exact) mass is 330 g/mol. The maximum atomic E-state index is 14.3. The van der Waals surface area contributed by atoms with E-state index in [9.17, 15) is 13.9 Å². The number of fused-ring (bicyclic) bond motifs is 3. The molecule has 4 heteroatoms. The second-order valence-corrected chi connectivity index (χ2v) is 6.99. The summed E-state index contributed by atoms with van der Waals surface area (Å²) >= 11 is 0. The van der Waals surface area contributed by atoms with E-state index in [1.54, 1.807) is 12.1 Å². The van der Waals surface area contributed by atoms with Crippen LogP contribution in [0, 0.1) is 6.92 Å². The Labute approximate surface area is 140 Å². The Kier molecular flexibility index (Phi) is 3.34. The summed E-state index contributed by atoms with van der Waals surface area (Å²) in [4.78, 5) is 0. The van der Waals surface area contributed by atoms with Crippen molar-refractivity contribution in [1.29, 1.82) is 0 Å². The first-order chi connectivity index (χ1) is 11.4. The van der Waals surface area contributed by atoms with Crippen LogP contribution >= 0.6 is 0 Å². The number of hydrogen-bond acceptors (Lipinski definition) is 2. The van der Waals surface area contributed by atoms with Crippen molar-refractivity contribution < 1.29 is 18.6 Å². The van der Waals surface area contributed by atoms with E-state index in [0.29, 0.717) is 12.8 Å². The normalized spacial score (nSPS) is 27.7. The van der Waals surface area contributed by atoms with Gasteiger partial charge in [0.1, 0.15) is 17.6 Å². The van der Waals surface area contributed by atoms with Crippen LogP contribution < -0.4 is 4.74 Å². The van der Waals surface area contributed by atoms with Gasteiger partial charge in [-0.05, 0) is 43.0 Å². The molecule has 1 aliphatic heterocycles. The first-order valence-electron chi connectivity index (χ1n) is 8.36. The van der Waals surface area contributed by atoms with E-state index < -0.39 is 17.4 Å². The van der Waals surface area contributed by atoms with Gasteiger partial charge in [-0.15, -0.1) is 0 Å². The van der Waals surface area contributed by atoms with Crippen molar-refractivity contribution in [2.45, 2.75) is 50.0 Å². The van der Waals surface area contributed by atoms with Crippen molar-refractivity contribution in [2.24, 2.45) is 0 Å². The summed E-state index contributed by atoms with van der Waals surface area (Å²) in [5.41, 5.74) is 2.33. The summed E-state index contributed by atoms with van der Waals surface area (Å²) in [6, 6.07) is 12.8. The highest BCUT2D eigenvalue weighted by molar-refractivity contribution is 5.56. The number of rotatable bonds is 1. The highest BCUT2D eigenvalue weighted by Gasteiger charge is 2.55. The zero-order valence-corrected chi connectivity index (χ0v) is 13.6. The average molecular weight is 330 g/mol. The zero-order valence-electron chi connectivity index (χ0n) is 13.6. The third-order valence-corrected chi connectivity index (χ3v) is 5.48. The molecule has 1 fully saturated rings. The molecule has 0 saturated heterocycles. The molecule has 4 rings (SSSR count). The maximum Gasteiger partial charge on any atom is 0.251 e. The predicted octanol–water partition coefficient (Wildman–Crippen LogP) is 4.96. The summed E-state index contributed by atoms with van der Waals surface area (Å²) in [5.74, 6) is -1.79. The number of halogens is 2. The van der Waals surface area contributed by atoms with Crippen LogP contribution in [-0.2, 0) is 5.41 Å². The lowest BCUT2D eigenvalue weighted by atomic mass is 9.68. The molecule has 2 aliphatic rings. The molecular weight excluding hydrogens is 310 g/mol. The Hall–Kier alpha value is -2.10. The molecule has 1 saturated carbocycles. The molecule has 126 valence electrons. The fraction of sp³-hybridized carbons (Fsp3) is 0.400. The molecular formula is C20H20F2O2. The topological polar surface area (TPSA) is 29.5 Å². The number of benzene rings is 2. The van der Waals surface area contributed by atoms with E-state index in [0.717, 1.165) is 22.4 Å². The van der Waals surface area contributed by atoms with Gasteiger partial charge in [-0.1, -0.05) is 30.3 Å². The van der Waals surface area contributed by atoms with Gasteiger partial charge < -0.3 is 9.84 Å². The van der Waals surface area contributed by atoms with Crippen molar-refractivity contribution >= 4 is 0 Å². The molecule has 1 heterocycles. The lowest BCUT2D eigenvalue weighted by molar-refractivity contribution is -0.0403. The number of ether oxygens (including phenoxy) is 1. The minimum Gasteiger partial charge on any atom is -0.508 e. The molecule has 2 atom stereocenters. The van der Waals surface area contributed by atoms with Crippen LogP contribution in [0.5, 0.6) is 11.5 Å². The maximum absolute atomic E-state index is 14.3. The minimum absolute atomic E-state index is 0.103. The Morgan fingerprint density at radius 1 is 1.08 bits per heavy atom. The summed E-state index contributed by atoms with van der Waals surface area (Å²) in [5, 5.41) is 9.62. The lowest BCUT2D eigenvalue weighted by Crippen LogP contribution is -2.40. The molecule has 0 bridgehead atoms. The molecule has 1 aliphatic carbocycles. The van der Waals surface area contributed by atoms with E-state index in [1.807, 2.05) is 37.3 Å². The fourth-order valence-corrected chi connectivity index (χ4v) is 4.33. The number of phenols is 1. The van der Waals surface area contributed by atoms with Crippen LogP contribution in [0.3, 0.4) is 0 Å². The third kappa shape index (κ3) is 2.20. The van der Waals surface area contributed by atoms with Gasteiger partial charge in [-0.3, -0.25) is 0 Å². The van der Waals surface area contributed by atoms with Gasteiger partial charge in [0.15, 0.2) is 0 Å². The smallest absolute Gasteiger partial charge is 0.251 e. The SMILES string of the molecule is Cc1cccc2c1OC1CC(F)(F)CCCC21c1ccc(O)cc1. The number of alkyl halides is 2. The van der Waals surface area contributed by atoms with Crippen LogP contribution in [0.2, 0.25) is 0 Å². The van der Waals surface area contributed by atoms with Gasteiger partial charge in [0, 0.05) is 18.4 Å². The van der Waals surface area contributed by atoms with Crippen molar-refractivity contribution in [3.8, 4) is 11.5 Å². The van der Waals surface area contributed by atoms with Crippen LogP contribution in [0.4, 0.5) is 8.78 Å². The lowest BCUT2D eigenvalue weighted by Gasteiger charge is -2.34. The van der Waals surface area contributed by atoms with Gasteiger partial charge in [0.2, 0.25) is 0 Å². The Balaban J connectivity index is 1.94. The first kappa shape index (κ1) is 15.4. The van der Waals surface area contributed by atoms with Gasteiger partial charge in [-0.2, -0.15) is 0 Å². The largest absolute Gasteiger partial charge is 0.508 e. The second-order valence-electron chi connectivity index (χ2n) is 6.99. The number of aryl methyl sites for hydroxylation is 1. The summed E-state index contributed by atoms with van der Waals surface area (Å²) in [7, 11) is 0. The second kappa shape index (κ2) is 5.20. The number of aromatic hydroxyl groups is 1. The van der Waals surface area contributed by atoms with Crippen LogP contribution in [0.1, 0.15) is 42.4 Å². The van der Waals surface area contributed by atoms with E-state index in [4.69, 9.17) is 4.74 Å². The van der Waals surface area contributed by atoms with Gasteiger partial charge in [-0.25, -0.2) is 8.78 Å². The Morgan fingerprint density at radius 3 is 2.58 bits per heavy atom. The fourth-order valence-electron chi connectivity index (χ4n) is 4.33. The number of hydrogen-bond donors (Lipinski definition) is 1. The zero-order chi connectivity index (χ0) is 16.9. The number of para-hydroxylation sites is 1. The predicted molar refractivity (Wildman–Crippen MR) is 87.9 cm³/mol. The molecule has 0 amide bonds. The van der Waals surface area contributed by atoms with Crippen LogP contribution in [0.25, 0.3) is 0 Å². The summed E-state index contributed by atoms with van der Waals surface area (Å²) in [6.07, 6.45) is 0.0986. The van der Waals surface area contributed by atoms with Gasteiger partial charge in [0.25, 0.3) is 5.92 Å². The molecule has 2 unspecified atom stereocenters. The Morgan fingerprint density at radius 2 is 1.83 bits per heavy atom. The first-order valence-corrected chi connectivity index (χ1v) is 8.36.